The van der Waals surface area contributed by atoms with E-state index >= 15 is 0 Å². The molecule has 1 atom stereocenters. The quantitative estimate of drug-likeness (QED) is 0.646. The third-order valence-corrected chi connectivity index (χ3v) is 3.44. The van der Waals surface area contributed by atoms with E-state index in [1.165, 1.54) is 19.3 Å². The molecule has 0 aromatic heterocycles. The van der Waals surface area contributed by atoms with Crippen LogP contribution in [0.1, 0.15) is 26.2 Å². The molecule has 0 bridgehead atoms. The number of hydrogen-bond donors (Lipinski definition) is 0. The van der Waals surface area contributed by atoms with E-state index in [1.54, 1.807) is 0 Å². The number of ether oxygens (including phenoxy) is 1. The minimum absolute atomic E-state index is 0.481. The second kappa shape index (κ2) is 3.72. The Morgan fingerprint density at radius 1 is 1.60 bits per heavy atom. The summed E-state index contributed by atoms with van der Waals surface area (Å²) in [5, 5.41) is 1.10. The summed E-state index contributed by atoms with van der Waals surface area (Å²) >= 11 is 3.55. The lowest BCUT2D eigenvalue weighted by Gasteiger charge is -2.23. The van der Waals surface area contributed by atoms with Crippen LogP contribution in [0.3, 0.4) is 0 Å². The van der Waals surface area contributed by atoms with Crippen LogP contribution in [0.2, 0.25) is 0 Å². The number of rotatable bonds is 3. The lowest BCUT2D eigenvalue weighted by atomic mass is 9.85. The Morgan fingerprint density at radius 2 is 2.40 bits per heavy atom. The summed E-state index contributed by atoms with van der Waals surface area (Å²) in [6.45, 7) is 4.17. The fourth-order valence-electron chi connectivity index (χ4n) is 1.55. The molecule has 0 aromatic rings. The lowest BCUT2D eigenvalue weighted by Crippen LogP contribution is -2.22. The van der Waals surface area contributed by atoms with Gasteiger partial charge in [-0.3, -0.25) is 0 Å². The molecule has 0 radical (unpaired) electrons. The first-order chi connectivity index (χ1) is 4.83. The van der Waals surface area contributed by atoms with Crippen molar-refractivity contribution in [2.24, 2.45) is 5.41 Å². The predicted octanol–water partition coefficient (Wildman–Crippen LogP) is 2.59. The second-order valence-corrected chi connectivity index (χ2v) is 3.75. The average molecular weight is 207 g/mol. The molecule has 0 amide bonds. The first-order valence-electron chi connectivity index (χ1n) is 3.97. The maximum Gasteiger partial charge on any atom is 0.0531 e. The Hall–Kier alpha value is 0.440. The van der Waals surface area contributed by atoms with Crippen LogP contribution in [0, 0.1) is 5.41 Å². The van der Waals surface area contributed by atoms with Gasteiger partial charge in [-0.15, -0.1) is 0 Å². The number of hydrogen-bond acceptors (Lipinski definition) is 1. The lowest BCUT2D eigenvalue weighted by molar-refractivity contribution is 0.157. The van der Waals surface area contributed by atoms with Crippen molar-refractivity contribution in [2.45, 2.75) is 26.2 Å². The Balaban J connectivity index is 2.41. The van der Waals surface area contributed by atoms with E-state index in [0.717, 1.165) is 18.5 Å². The fourth-order valence-corrected chi connectivity index (χ4v) is 2.27. The summed E-state index contributed by atoms with van der Waals surface area (Å²) in [4.78, 5) is 0. The van der Waals surface area contributed by atoms with Gasteiger partial charge in [0.05, 0.1) is 6.61 Å². The molecule has 1 rings (SSSR count). The van der Waals surface area contributed by atoms with Crippen LogP contribution in [0.4, 0.5) is 0 Å². The molecule has 0 N–H and O–H groups in total. The van der Waals surface area contributed by atoms with Gasteiger partial charge in [-0.25, -0.2) is 0 Å². The van der Waals surface area contributed by atoms with Crippen molar-refractivity contribution in [1.82, 2.24) is 0 Å². The minimum atomic E-state index is 0.481. The molecular formula is C8H15BrO. The fraction of sp³-hybridized carbons (Fsp3) is 1.00. The summed E-state index contributed by atoms with van der Waals surface area (Å²) in [6.07, 6.45) is 3.82. The standard InChI is InChI=1S/C8H15BrO/c1-2-3-8(6-9)4-5-10-7-8/h2-7H2,1H3. The zero-order valence-electron chi connectivity index (χ0n) is 6.53. The van der Waals surface area contributed by atoms with Crippen LogP contribution in [0.25, 0.3) is 0 Å². The maximum absolute atomic E-state index is 5.37. The molecule has 1 nitrogen and oxygen atoms in total. The van der Waals surface area contributed by atoms with Gasteiger partial charge in [0.25, 0.3) is 0 Å². The zero-order chi connectivity index (χ0) is 7.45. The largest absolute Gasteiger partial charge is 0.381 e. The average Bonchev–Trinajstić information content (AvgIpc) is 2.39. The van der Waals surface area contributed by atoms with Gasteiger partial charge in [0.2, 0.25) is 0 Å². The molecule has 1 unspecified atom stereocenters. The molecule has 0 spiro atoms. The van der Waals surface area contributed by atoms with E-state index in [0.29, 0.717) is 5.41 Å². The third kappa shape index (κ3) is 1.73. The highest BCUT2D eigenvalue weighted by Gasteiger charge is 2.32. The molecule has 60 valence electrons. The molecule has 1 aliphatic heterocycles. The highest BCUT2D eigenvalue weighted by Crippen LogP contribution is 2.35. The van der Waals surface area contributed by atoms with Crippen molar-refractivity contribution in [3.8, 4) is 0 Å². The van der Waals surface area contributed by atoms with Gasteiger partial charge in [-0.05, 0) is 12.8 Å². The molecule has 0 aliphatic carbocycles. The van der Waals surface area contributed by atoms with Gasteiger partial charge >= 0.3 is 0 Å². The zero-order valence-corrected chi connectivity index (χ0v) is 8.11. The van der Waals surface area contributed by atoms with Crippen LogP contribution in [-0.2, 0) is 4.74 Å². The van der Waals surface area contributed by atoms with Gasteiger partial charge in [0.15, 0.2) is 0 Å². The first kappa shape index (κ1) is 8.54. The van der Waals surface area contributed by atoms with Gasteiger partial charge in [-0.1, -0.05) is 29.3 Å². The van der Waals surface area contributed by atoms with E-state index in [2.05, 4.69) is 22.9 Å². The van der Waals surface area contributed by atoms with Crippen molar-refractivity contribution in [3.05, 3.63) is 0 Å². The van der Waals surface area contributed by atoms with E-state index in [1.807, 2.05) is 0 Å². The van der Waals surface area contributed by atoms with Crippen molar-refractivity contribution >= 4 is 15.9 Å². The van der Waals surface area contributed by atoms with Crippen molar-refractivity contribution in [3.63, 3.8) is 0 Å². The van der Waals surface area contributed by atoms with Crippen LogP contribution in [0.15, 0.2) is 0 Å². The van der Waals surface area contributed by atoms with Gasteiger partial charge in [-0.2, -0.15) is 0 Å². The highest BCUT2D eigenvalue weighted by molar-refractivity contribution is 9.09. The van der Waals surface area contributed by atoms with Crippen LogP contribution < -0.4 is 0 Å². The van der Waals surface area contributed by atoms with Crippen molar-refractivity contribution in [2.75, 3.05) is 18.5 Å². The molecule has 2 heteroatoms. The van der Waals surface area contributed by atoms with Crippen LogP contribution in [-0.4, -0.2) is 18.5 Å². The Labute approximate surface area is 71.3 Å². The maximum atomic E-state index is 5.37. The number of halogens is 1. The minimum Gasteiger partial charge on any atom is -0.381 e. The monoisotopic (exact) mass is 206 g/mol. The number of alkyl halides is 1. The van der Waals surface area contributed by atoms with E-state index in [9.17, 15) is 0 Å². The molecular weight excluding hydrogens is 192 g/mol. The molecule has 1 saturated heterocycles. The smallest absolute Gasteiger partial charge is 0.0531 e. The topological polar surface area (TPSA) is 9.23 Å². The summed E-state index contributed by atoms with van der Waals surface area (Å²) in [6, 6.07) is 0. The summed E-state index contributed by atoms with van der Waals surface area (Å²) in [7, 11) is 0. The molecule has 1 heterocycles. The first-order valence-corrected chi connectivity index (χ1v) is 5.09. The summed E-state index contributed by atoms with van der Waals surface area (Å²) in [5.41, 5.74) is 0.481. The van der Waals surface area contributed by atoms with Crippen molar-refractivity contribution < 1.29 is 4.74 Å². The molecule has 1 aliphatic rings. The second-order valence-electron chi connectivity index (χ2n) is 3.19. The Morgan fingerprint density at radius 3 is 2.80 bits per heavy atom. The van der Waals surface area contributed by atoms with Crippen molar-refractivity contribution in [1.29, 1.82) is 0 Å². The predicted molar refractivity (Wildman–Crippen MR) is 46.6 cm³/mol. The summed E-state index contributed by atoms with van der Waals surface area (Å²) in [5.74, 6) is 0. The van der Waals surface area contributed by atoms with E-state index in [-0.39, 0.29) is 0 Å². The van der Waals surface area contributed by atoms with Gasteiger partial charge < -0.3 is 4.74 Å². The van der Waals surface area contributed by atoms with E-state index < -0.39 is 0 Å². The molecule has 0 saturated carbocycles. The van der Waals surface area contributed by atoms with E-state index in [4.69, 9.17) is 4.74 Å². The molecule has 0 aromatic carbocycles. The van der Waals surface area contributed by atoms with Crippen LogP contribution >= 0.6 is 15.9 Å². The normalized spacial score (nSPS) is 33.0. The third-order valence-electron chi connectivity index (χ3n) is 2.25. The SMILES string of the molecule is CCCC1(CBr)CCOC1. The Kier molecular flexibility index (Phi) is 3.18. The van der Waals surface area contributed by atoms with Gasteiger partial charge in [0, 0.05) is 17.4 Å². The summed E-state index contributed by atoms with van der Waals surface area (Å²) < 4.78 is 5.37. The molecule has 10 heavy (non-hydrogen) atoms. The highest BCUT2D eigenvalue weighted by atomic mass is 79.9. The van der Waals surface area contributed by atoms with Gasteiger partial charge in [0.1, 0.15) is 0 Å². The Bertz CT molecular complexity index is 97.4. The molecule has 1 fully saturated rings. The van der Waals surface area contributed by atoms with Crippen LogP contribution in [0.5, 0.6) is 0 Å².